The van der Waals surface area contributed by atoms with Crippen molar-refractivity contribution in [1.82, 2.24) is 5.43 Å². The standard InChI is InChI=1S/C6H12N2O2/c1-5(2)6(8-7-3)10-4-9/h4-5,7H,1-3H3/b8-6-. The molecule has 0 saturated carbocycles. The van der Waals surface area contributed by atoms with E-state index in [4.69, 9.17) is 0 Å². The second kappa shape index (κ2) is 4.78. The van der Waals surface area contributed by atoms with Gasteiger partial charge in [-0.1, -0.05) is 13.8 Å². The molecule has 0 heterocycles. The lowest BCUT2D eigenvalue weighted by atomic mass is 10.2. The highest BCUT2D eigenvalue weighted by atomic mass is 16.5. The molecule has 58 valence electrons. The minimum atomic E-state index is 0.123. The maximum absolute atomic E-state index is 9.86. The average molecular weight is 144 g/mol. The Morgan fingerprint density at radius 3 is 2.60 bits per heavy atom. The molecule has 0 rings (SSSR count). The third-order valence-corrected chi connectivity index (χ3v) is 0.885. The molecule has 0 bridgehead atoms. The quantitative estimate of drug-likeness (QED) is 0.269. The first-order chi connectivity index (χ1) is 4.72. The van der Waals surface area contributed by atoms with E-state index < -0.39 is 0 Å². The number of nitrogens with one attached hydrogen (secondary N) is 1. The zero-order valence-corrected chi connectivity index (χ0v) is 6.42. The Kier molecular flexibility index (Phi) is 4.28. The number of carbonyl (C=O) groups is 1. The Morgan fingerprint density at radius 2 is 2.30 bits per heavy atom. The summed E-state index contributed by atoms with van der Waals surface area (Å²) in [5.41, 5.74) is 2.54. The van der Waals surface area contributed by atoms with Gasteiger partial charge in [0.1, 0.15) is 0 Å². The van der Waals surface area contributed by atoms with Crippen molar-refractivity contribution in [2.75, 3.05) is 7.05 Å². The largest absolute Gasteiger partial charge is 0.412 e. The number of ether oxygens (including phenoxy) is 1. The molecule has 4 heteroatoms. The molecule has 1 N–H and O–H groups in total. The molecule has 0 radical (unpaired) electrons. The van der Waals surface area contributed by atoms with E-state index in [-0.39, 0.29) is 5.92 Å². The number of hydrogen-bond acceptors (Lipinski definition) is 4. The minimum Gasteiger partial charge on any atom is -0.412 e. The SMILES string of the molecule is CN/N=C(\OC=O)C(C)C. The van der Waals surface area contributed by atoms with Crippen LogP contribution >= 0.6 is 0 Å². The Bertz CT molecular complexity index is 132. The molecule has 0 fully saturated rings. The van der Waals surface area contributed by atoms with Gasteiger partial charge in [0.05, 0.1) is 0 Å². The van der Waals surface area contributed by atoms with E-state index in [1.54, 1.807) is 7.05 Å². The van der Waals surface area contributed by atoms with Crippen LogP contribution in [0.4, 0.5) is 0 Å². The molecule has 0 unspecified atom stereocenters. The van der Waals surface area contributed by atoms with Gasteiger partial charge in [0, 0.05) is 13.0 Å². The van der Waals surface area contributed by atoms with Crippen molar-refractivity contribution in [3.8, 4) is 0 Å². The van der Waals surface area contributed by atoms with E-state index >= 15 is 0 Å². The minimum absolute atomic E-state index is 0.123. The van der Waals surface area contributed by atoms with E-state index in [9.17, 15) is 4.79 Å². The normalized spacial score (nSPS) is 11.4. The van der Waals surface area contributed by atoms with Gasteiger partial charge in [-0.3, -0.25) is 4.79 Å². The molecule has 0 aliphatic rings. The fourth-order valence-electron chi connectivity index (χ4n) is 0.451. The van der Waals surface area contributed by atoms with Gasteiger partial charge in [-0.25, -0.2) is 0 Å². The molecule has 0 atom stereocenters. The molecule has 0 saturated heterocycles. The van der Waals surface area contributed by atoms with Gasteiger partial charge in [0.2, 0.25) is 5.90 Å². The molecule has 0 aromatic heterocycles. The zero-order chi connectivity index (χ0) is 7.98. The monoisotopic (exact) mass is 144 g/mol. The Labute approximate surface area is 60.3 Å². The number of carbonyl (C=O) groups excluding carboxylic acids is 1. The van der Waals surface area contributed by atoms with Gasteiger partial charge in [-0.15, -0.1) is 5.10 Å². The summed E-state index contributed by atoms with van der Waals surface area (Å²) in [4.78, 5) is 9.86. The Balaban J connectivity index is 3.96. The number of hydrazone groups is 1. The van der Waals surface area contributed by atoms with E-state index in [2.05, 4.69) is 15.3 Å². The van der Waals surface area contributed by atoms with Gasteiger partial charge >= 0.3 is 0 Å². The third kappa shape index (κ3) is 3.06. The highest BCUT2D eigenvalue weighted by Crippen LogP contribution is 1.95. The van der Waals surface area contributed by atoms with Crippen molar-refractivity contribution in [2.24, 2.45) is 11.0 Å². The van der Waals surface area contributed by atoms with E-state index in [1.807, 2.05) is 13.8 Å². The van der Waals surface area contributed by atoms with Crippen molar-refractivity contribution >= 4 is 12.4 Å². The smallest absolute Gasteiger partial charge is 0.299 e. The van der Waals surface area contributed by atoms with Crippen LogP contribution in [0.1, 0.15) is 13.8 Å². The van der Waals surface area contributed by atoms with E-state index in [0.29, 0.717) is 12.4 Å². The van der Waals surface area contributed by atoms with Crippen LogP contribution in [0.25, 0.3) is 0 Å². The Morgan fingerprint density at radius 1 is 1.70 bits per heavy atom. The second-order valence-electron chi connectivity index (χ2n) is 2.04. The lowest BCUT2D eigenvalue weighted by Crippen LogP contribution is -2.15. The molecule has 0 spiro atoms. The van der Waals surface area contributed by atoms with Gasteiger partial charge in [0.25, 0.3) is 6.47 Å². The maximum atomic E-state index is 9.86. The summed E-state index contributed by atoms with van der Waals surface area (Å²) in [5, 5.41) is 3.73. The fraction of sp³-hybridized carbons (Fsp3) is 0.667. The predicted octanol–water partition coefficient (Wildman–Crippen LogP) is 0.348. The van der Waals surface area contributed by atoms with Crippen molar-refractivity contribution in [2.45, 2.75) is 13.8 Å². The van der Waals surface area contributed by atoms with Gasteiger partial charge < -0.3 is 10.2 Å². The topological polar surface area (TPSA) is 50.7 Å². The Hall–Kier alpha value is -1.06. The van der Waals surface area contributed by atoms with Crippen LogP contribution in [0.5, 0.6) is 0 Å². The first kappa shape index (κ1) is 8.94. The summed E-state index contributed by atoms with van der Waals surface area (Å²) in [5.74, 6) is 0.523. The predicted molar refractivity (Wildman–Crippen MR) is 38.5 cm³/mol. The first-order valence-corrected chi connectivity index (χ1v) is 3.07. The summed E-state index contributed by atoms with van der Waals surface area (Å²) >= 11 is 0. The van der Waals surface area contributed by atoms with Gasteiger partial charge in [-0.05, 0) is 0 Å². The molecule has 10 heavy (non-hydrogen) atoms. The summed E-state index contributed by atoms with van der Waals surface area (Å²) in [7, 11) is 1.65. The van der Waals surface area contributed by atoms with Crippen LogP contribution in [0.15, 0.2) is 5.10 Å². The summed E-state index contributed by atoms with van der Waals surface area (Å²) < 4.78 is 4.55. The first-order valence-electron chi connectivity index (χ1n) is 3.07. The number of rotatable bonds is 3. The molecule has 0 aromatic rings. The molecular weight excluding hydrogens is 132 g/mol. The van der Waals surface area contributed by atoms with Crippen LogP contribution < -0.4 is 5.43 Å². The third-order valence-electron chi connectivity index (χ3n) is 0.885. The van der Waals surface area contributed by atoms with E-state index in [1.165, 1.54) is 0 Å². The van der Waals surface area contributed by atoms with Gasteiger partial charge in [0.15, 0.2) is 0 Å². The maximum Gasteiger partial charge on any atom is 0.299 e. The van der Waals surface area contributed by atoms with Crippen LogP contribution in [0, 0.1) is 5.92 Å². The average Bonchev–Trinajstić information content (AvgIpc) is 1.87. The van der Waals surface area contributed by atoms with Crippen molar-refractivity contribution in [3.05, 3.63) is 0 Å². The molecular formula is C6H12N2O2. The molecule has 0 aliphatic carbocycles. The van der Waals surface area contributed by atoms with Gasteiger partial charge in [-0.2, -0.15) is 0 Å². The number of nitrogens with zero attached hydrogens (tertiary/aromatic N) is 1. The van der Waals surface area contributed by atoms with Crippen molar-refractivity contribution in [3.63, 3.8) is 0 Å². The number of hydrogen-bond donors (Lipinski definition) is 1. The summed E-state index contributed by atoms with van der Waals surface area (Å²) in [6, 6.07) is 0. The van der Waals surface area contributed by atoms with Crippen LogP contribution in [0.3, 0.4) is 0 Å². The molecule has 4 nitrogen and oxygen atoms in total. The molecule has 0 aromatic carbocycles. The highest BCUT2D eigenvalue weighted by Gasteiger charge is 2.04. The molecule has 0 amide bonds. The highest BCUT2D eigenvalue weighted by molar-refractivity contribution is 5.83. The zero-order valence-electron chi connectivity index (χ0n) is 6.42. The van der Waals surface area contributed by atoms with Crippen LogP contribution in [-0.2, 0) is 9.53 Å². The second-order valence-corrected chi connectivity index (χ2v) is 2.04. The van der Waals surface area contributed by atoms with Crippen molar-refractivity contribution < 1.29 is 9.53 Å². The van der Waals surface area contributed by atoms with Crippen LogP contribution in [0.2, 0.25) is 0 Å². The summed E-state index contributed by atoms with van der Waals surface area (Å²) in [6.45, 7) is 4.15. The molecule has 0 aliphatic heterocycles. The lowest BCUT2D eigenvalue weighted by molar-refractivity contribution is -0.122. The summed E-state index contributed by atoms with van der Waals surface area (Å²) in [6.07, 6.45) is 0. The van der Waals surface area contributed by atoms with Crippen LogP contribution in [-0.4, -0.2) is 19.4 Å². The lowest BCUT2D eigenvalue weighted by Gasteiger charge is -2.04. The van der Waals surface area contributed by atoms with E-state index in [0.717, 1.165) is 0 Å². The fourth-order valence-corrected chi connectivity index (χ4v) is 0.451. The van der Waals surface area contributed by atoms with Crippen molar-refractivity contribution in [1.29, 1.82) is 0 Å².